The third kappa shape index (κ3) is 7.73. The fourth-order valence-electron chi connectivity index (χ4n) is 3.58. The number of aromatic nitrogens is 2. The number of hydrogen-bond acceptors (Lipinski definition) is 4. The van der Waals surface area contributed by atoms with Crippen LogP contribution >= 0.6 is 11.6 Å². The number of carbonyl (C=O) groups is 2. The third-order valence-corrected chi connectivity index (χ3v) is 6.02. The molecule has 0 unspecified atom stereocenters. The van der Waals surface area contributed by atoms with Gasteiger partial charge in [0.25, 0.3) is 0 Å². The minimum Gasteiger partial charge on any atom is -0.495 e. The van der Waals surface area contributed by atoms with Gasteiger partial charge >= 0.3 is 6.03 Å². The zero-order chi connectivity index (χ0) is 27.2. The maximum absolute atomic E-state index is 13.2. The lowest BCUT2D eigenvalue weighted by Gasteiger charge is -2.24. The summed E-state index contributed by atoms with van der Waals surface area (Å²) in [6, 6.07) is 15.9. The number of hydrogen-bond donors (Lipinski definition) is 2. The zero-order valence-electron chi connectivity index (χ0n) is 22.3. The van der Waals surface area contributed by atoms with E-state index in [1.165, 1.54) is 4.90 Å². The summed E-state index contributed by atoms with van der Waals surface area (Å²) in [6.45, 7) is 10.6. The van der Waals surface area contributed by atoms with Crippen LogP contribution in [0.4, 0.5) is 16.3 Å². The SMILES string of the molecule is COc1ccccc1NC(=O)N(CCC(C)C)CC(=O)Nc1cc(C(C)(C)C)nn1-c1ccc(Cl)cc1. The Labute approximate surface area is 223 Å². The van der Waals surface area contributed by atoms with Gasteiger partial charge in [-0.1, -0.05) is 58.4 Å². The van der Waals surface area contributed by atoms with Gasteiger partial charge in [0.15, 0.2) is 0 Å². The van der Waals surface area contributed by atoms with Crippen molar-refractivity contribution in [1.82, 2.24) is 14.7 Å². The minimum absolute atomic E-state index is 0.121. The number of nitrogens with one attached hydrogen (secondary N) is 2. The predicted molar refractivity (Wildman–Crippen MR) is 149 cm³/mol. The second-order valence-corrected chi connectivity index (χ2v) is 10.8. The summed E-state index contributed by atoms with van der Waals surface area (Å²) in [5, 5.41) is 11.2. The van der Waals surface area contributed by atoms with Gasteiger partial charge < -0.3 is 20.3 Å². The molecule has 198 valence electrons. The van der Waals surface area contributed by atoms with Crippen LogP contribution in [0.2, 0.25) is 5.02 Å². The van der Waals surface area contributed by atoms with Crippen molar-refractivity contribution in [3.8, 4) is 11.4 Å². The van der Waals surface area contributed by atoms with Crippen molar-refractivity contribution >= 4 is 35.0 Å². The van der Waals surface area contributed by atoms with Crippen LogP contribution in [-0.2, 0) is 10.2 Å². The zero-order valence-corrected chi connectivity index (χ0v) is 23.1. The molecule has 37 heavy (non-hydrogen) atoms. The average Bonchev–Trinajstić information content (AvgIpc) is 3.26. The first kappa shape index (κ1) is 28.1. The standard InChI is InChI=1S/C28H36ClN5O3/c1-19(2)15-16-33(27(36)30-22-9-7-8-10-23(22)37-6)18-26(35)31-25-17-24(28(3,4)5)32-34(25)21-13-11-20(29)12-14-21/h7-14,17,19H,15-16,18H2,1-6H3,(H,30,36)(H,31,35). The molecule has 0 fully saturated rings. The third-order valence-electron chi connectivity index (χ3n) is 5.76. The highest BCUT2D eigenvalue weighted by molar-refractivity contribution is 6.30. The van der Waals surface area contributed by atoms with E-state index in [1.807, 2.05) is 30.3 Å². The van der Waals surface area contributed by atoms with Crippen LogP contribution in [-0.4, -0.2) is 46.8 Å². The first-order valence-corrected chi connectivity index (χ1v) is 12.7. The molecule has 0 atom stereocenters. The van der Waals surface area contributed by atoms with Gasteiger partial charge in [-0.05, 0) is 48.7 Å². The number of carbonyl (C=O) groups excluding carboxylic acids is 2. The van der Waals surface area contributed by atoms with Crippen LogP contribution in [0.25, 0.3) is 5.69 Å². The van der Waals surface area contributed by atoms with Gasteiger partial charge in [-0.3, -0.25) is 4.79 Å². The van der Waals surface area contributed by atoms with E-state index in [2.05, 4.69) is 45.3 Å². The number of halogens is 1. The van der Waals surface area contributed by atoms with Crippen LogP contribution in [0.5, 0.6) is 5.75 Å². The summed E-state index contributed by atoms with van der Waals surface area (Å²) in [5.41, 5.74) is 1.90. The Morgan fingerprint density at radius 1 is 1.08 bits per heavy atom. The molecule has 2 N–H and O–H groups in total. The summed E-state index contributed by atoms with van der Waals surface area (Å²) in [5.74, 6) is 1.11. The quantitative estimate of drug-likeness (QED) is 0.340. The number of amides is 3. The van der Waals surface area contributed by atoms with Crippen molar-refractivity contribution in [2.24, 2.45) is 5.92 Å². The van der Waals surface area contributed by atoms with E-state index < -0.39 is 0 Å². The summed E-state index contributed by atoms with van der Waals surface area (Å²) >= 11 is 6.07. The number of methoxy groups -OCH3 is 1. The molecule has 0 aliphatic rings. The maximum Gasteiger partial charge on any atom is 0.322 e. The van der Waals surface area contributed by atoms with Gasteiger partial charge in [-0.15, -0.1) is 0 Å². The fraction of sp³-hybridized carbons (Fsp3) is 0.393. The highest BCUT2D eigenvalue weighted by atomic mass is 35.5. The molecule has 0 aliphatic carbocycles. The number of urea groups is 1. The molecule has 8 nitrogen and oxygen atoms in total. The Morgan fingerprint density at radius 3 is 2.38 bits per heavy atom. The second kappa shape index (κ2) is 12.1. The summed E-state index contributed by atoms with van der Waals surface area (Å²) in [7, 11) is 1.55. The first-order valence-electron chi connectivity index (χ1n) is 12.3. The van der Waals surface area contributed by atoms with Crippen molar-refractivity contribution in [1.29, 1.82) is 0 Å². The van der Waals surface area contributed by atoms with Crippen molar-refractivity contribution in [3.63, 3.8) is 0 Å². The monoisotopic (exact) mass is 525 g/mol. The number of nitrogens with zero attached hydrogens (tertiary/aromatic N) is 3. The van der Waals surface area contributed by atoms with Crippen LogP contribution in [0.15, 0.2) is 54.6 Å². The Bertz CT molecular complexity index is 1220. The fourth-order valence-corrected chi connectivity index (χ4v) is 3.71. The van der Waals surface area contributed by atoms with Gasteiger partial charge in [0.1, 0.15) is 18.1 Å². The topological polar surface area (TPSA) is 88.5 Å². The normalized spacial score (nSPS) is 11.4. The van der Waals surface area contributed by atoms with Crippen LogP contribution in [0.1, 0.15) is 46.7 Å². The van der Waals surface area contributed by atoms with E-state index in [4.69, 9.17) is 21.4 Å². The number of para-hydroxylation sites is 2. The molecule has 3 rings (SSSR count). The molecule has 9 heteroatoms. The maximum atomic E-state index is 13.2. The van der Waals surface area contributed by atoms with Crippen molar-refractivity contribution in [2.75, 3.05) is 30.8 Å². The van der Waals surface area contributed by atoms with Crippen molar-refractivity contribution in [3.05, 3.63) is 65.3 Å². The van der Waals surface area contributed by atoms with E-state index in [9.17, 15) is 9.59 Å². The molecule has 2 aromatic carbocycles. The van der Waals surface area contributed by atoms with Crippen molar-refractivity contribution < 1.29 is 14.3 Å². The predicted octanol–water partition coefficient (Wildman–Crippen LogP) is 6.35. The van der Waals surface area contributed by atoms with Crippen LogP contribution < -0.4 is 15.4 Å². The number of ether oxygens (including phenoxy) is 1. The van der Waals surface area contributed by atoms with Gasteiger partial charge in [-0.25, -0.2) is 9.48 Å². The molecule has 0 bridgehead atoms. The molecule has 1 aromatic heterocycles. The van der Waals surface area contributed by atoms with Gasteiger partial charge in [-0.2, -0.15) is 5.10 Å². The lowest BCUT2D eigenvalue weighted by Crippen LogP contribution is -2.41. The Balaban J connectivity index is 1.82. The summed E-state index contributed by atoms with van der Waals surface area (Å²) < 4.78 is 7.03. The van der Waals surface area contributed by atoms with Crippen molar-refractivity contribution in [2.45, 2.75) is 46.5 Å². The van der Waals surface area contributed by atoms with E-state index >= 15 is 0 Å². The molecular formula is C28H36ClN5O3. The molecule has 1 heterocycles. The van der Waals surface area contributed by atoms with Gasteiger partial charge in [0, 0.05) is 23.0 Å². The molecule has 0 radical (unpaired) electrons. The highest BCUT2D eigenvalue weighted by Gasteiger charge is 2.23. The van der Waals surface area contributed by atoms with E-state index in [0.29, 0.717) is 34.7 Å². The average molecular weight is 526 g/mol. The summed E-state index contributed by atoms with van der Waals surface area (Å²) in [4.78, 5) is 27.9. The second-order valence-electron chi connectivity index (χ2n) is 10.3. The largest absolute Gasteiger partial charge is 0.495 e. The van der Waals surface area contributed by atoms with E-state index in [1.54, 1.807) is 36.1 Å². The molecule has 3 amide bonds. The Kier molecular flexibility index (Phi) is 9.21. The summed E-state index contributed by atoms with van der Waals surface area (Å²) in [6.07, 6.45) is 0.753. The number of anilines is 2. The molecule has 0 aliphatic heterocycles. The van der Waals surface area contributed by atoms with Crippen LogP contribution in [0.3, 0.4) is 0 Å². The lowest BCUT2D eigenvalue weighted by molar-refractivity contribution is -0.116. The van der Waals surface area contributed by atoms with E-state index in [0.717, 1.165) is 17.8 Å². The lowest BCUT2D eigenvalue weighted by atomic mass is 9.92. The van der Waals surface area contributed by atoms with Crippen LogP contribution in [0, 0.1) is 5.92 Å². The molecular weight excluding hydrogens is 490 g/mol. The molecule has 0 saturated heterocycles. The Hall–Kier alpha value is -3.52. The highest BCUT2D eigenvalue weighted by Crippen LogP contribution is 2.27. The smallest absolute Gasteiger partial charge is 0.322 e. The van der Waals surface area contributed by atoms with E-state index in [-0.39, 0.29) is 23.9 Å². The molecule has 0 saturated carbocycles. The Morgan fingerprint density at radius 2 is 1.76 bits per heavy atom. The molecule has 0 spiro atoms. The molecule has 3 aromatic rings. The number of rotatable bonds is 9. The van der Waals surface area contributed by atoms with Gasteiger partial charge in [0.2, 0.25) is 5.91 Å². The minimum atomic E-state index is -0.373. The number of benzene rings is 2. The van der Waals surface area contributed by atoms with Gasteiger partial charge in [0.05, 0.1) is 24.2 Å². The first-order chi connectivity index (χ1) is 17.5.